The van der Waals surface area contributed by atoms with E-state index in [1.54, 1.807) is 0 Å². The third kappa shape index (κ3) is 4.49. The minimum absolute atomic E-state index is 0.238. The second-order valence-corrected chi connectivity index (χ2v) is 6.06. The average molecular weight is 337 g/mol. The van der Waals surface area contributed by atoms with Gasteiger partial charge in [0.25, 0.3) is 5.92 Å². The van der Waals surface area contributed by atoms with Gasteiger partial charge >= 0.3 is 12.1 Å². The molecule has 0 radical (unpaired) electrons. The van der Waals surface area contributed by atoms with Crippen LogP contribution in [0.1, 0.15) is 12.8 Å². The standard InChI is InChI=1S/C7H14N2O.C6H7F2NO4/c8-6-1-2-9(3-6)7-4-10-5-7;7-6(8)1-3(4(10)11)9(2-6)5(12)13/h6-7H,1-5,8H2;3H,1-2H2,(H,10,11)(H,12,13)/t6-;3-/m00/s1. The molecule has 0 aromatic heterocycles. The molecule has 1 amide bonds. The Hall–Kier alpha value is -1.52. The predicted octanol–water partition coefficient (Wildman–Crippen LogP) is -0.123. The molecule has 3 rings (SSSR count). The lowest BCUT2D eigenvalue weighted by molar-refractivity contribution is -0.141. The van der Waals surface area contributed by atoms with E-state index in [4.69, 9.17) is 20.7 Å². The number of hydrogen-bond donors (Lipinski definition) is 3. The first-order valence-electron chi connectivity index (χ1n) is 7.37. The number of nitrogens with two attached hydrogens (primary N) is 1. The van der Waals surface area contributed by atoms with E-state index in [0.29, 0.717) is 12.1 Å². The van der Waals surface area contributed by atoms with Crippen LogP contribution in [0, 0.1) is 0 Å². The molecule has 10 heteroatoms. The van der Waals surface area contributed by atoms with E-state index >= 15 is 0 Å². The first-order valence-corrected chi connectivity index (χ1v) is 7.37. The number of amides is 1. The van der Waals surface area contributed by atoms with Crippen molar-refractivity contribution in [1.29, 1.82) is 0 Å². The van der Waals surface area contributed by atoms with Crippen molar-refractivity contribution >= 4 is 12.1 Å². The fourth-order valence-corrected chi connectivity index (χ4v) is 2.82. The maximum atomic E-state index is 12.6. The van der Waals surface area contributed by atoms with Gasteiger partial charge in [0, 0.05) is 25.6 Å². The Bertz CT molecular complexity index is 437. The Morgan fingerprint density at radius 3 is 2.26 bits per heavy atom. The number of halogens is 2. The lowest BCUT2D eigenvalue weighted by Gasteiger charge is -2.34. The number of nitrogens with zero attached hydrogens (tertiary/aromatic N) is 2. The summed E-state index contributed by atoms with van der Waals surface area (Å²) in [5.41, 5.74) is 5.76. The summed E-state index contributed by atoms with van der Waals surface area (Å²) in [6, 6.07) is -0.526. The predicted molar refractivity (Wildman–Crippen MR) is 74.5 cm³/mol. The number of carboxylic acids is 1. The lowest BCUT2D eigenvalue weighted by Crippen LogP contribution is -2.48. The third-order valence-electron chi connectivity index (χ3n) is 4.19. The van der Waals surface area contributed by atoms with Gasteiger partial charge in [-0.2, -0.15) is 0 Å². The van der Waals surface area contributed by atoms with E-state index < -0.39 is 37.0 Å². The summed E-state index contributed by atoms with van der Waals surface area (Å²) < 4.78 is 30.3. The number of carbonyl (C=O) groups is 2. The summed E-state index contributed by atoms with van der Waals surface area (Å²) in [6.07, 6.45) is -1.42. The highest BCUT2D eigenvalue weighted by molar-refractivity contribution is 5.80. The number of aliphatic carboxylic acids is 1. The van der Waals surface area contributed by atoms with Crippen LogP contribution in [0.4, 0.5) is 13.6 Å². The minimum atomic E-state index is -3.23. The summed E-state index contributed by atoms with van der Waals surface area (Å²) in [7, 11) is 0. The molecule has 0 aromatic carbocycles. The van der Waals surface area contributed by atoms with Gasteiger partial charge in [0.05, 0.1) is 25.8 Å². The molecule has 3 fully saturated rings. The van der Waals surface area contributed by atoms with Gasteiger partial charge in [-0.1, -0.05) is 0 Å². The minimum Gasteiger partial charge on any atom is -0.480 e. The largest absolute Gasteiger partial charge is 0.480 e. The number of likely N-dealkylation sites (tertiary alicyclic amines) is 2. The maximum Gasteiger partial charge on any atom is 0.408 e. The molecule has 132 valence electrons. The number of hydrogen-bond acceptors (Lipinski definition) is 5. The zero-order valence-corrected chi connectivity index (χ0v) is 12.5. The number of carboxylic acid groups (broad SMARTS) is 2. The average Bonchev–Trinajstić information content (AvgIpc) is 2.92. The molecule has 0 aromatic rings. The van der Waals surface area contributed by atoms with Crippen LogP contribution in [0.25, 0.3) is 0 Å². The van der Waals surface area contributed by atoms with Crippen LogP contribution in [-0.2, 0) is 9.53 Å². The summed E-state index contributed by atoms with van der Waals surface area (Å²) >= 11 is 0. The smallest absolute Gasteiger partial charge is 0.408 e. The first kappa shape index (κ1) is 17.8. The Balaban J connectivity index is 0.000000172. The Kier molecular flexibility index (Phi) is 5.37. The van der Waals surface area contributed by atoms with E-state index in [9.17, 15) is 18.4 Å². The van der Waals surface area contributed by atoms with Crippen molar-refractivity contribution in [1.82, 2.24) is 9.80 Å². The van der Waals surface area contributed by atoms with Crippen molar-refractivity contribution in [3.8, 4) is 0 Å². The van der Waals surface area contributed by atoms with E-state index in [2.05, 4.69) is 4.90 Å². The molecule has 0 aliphatic carbocycles. The van der Waals surface area contributed by atoms with Crippen molar-refractivity contribution in [2.45, 2.75) is 36.9 Å². The van der Waals surface area contributed by atoms with Gasteiger partial charge in [0.15, 0.2) is 0 Å². The Morgan fingerprint density at radius 1 is 1.26 bits per heavy atom. The van der Waals surface area contributed by atoms with Gasteiger partial charge in [0.1, 0.15) is 6.04 Å². The number of rotatable bonds is 2. The highest BCUT2D eigenvalue weighted by Gasteiger charge is 2.50. The van der Waals surface area contributed by atoms with Gasteiger partial charge in [-0.3, -0.25) is 9.80 Å². The van der Waals surface area contributed by atoms with E-state index in [1.807, 2.05) is 0 Å². The lowest BCUT2D eigenvalue weighted by atomic mass is 10.2. The summed E-state index contributed by atoms with van der Waals surface area (Å²) in [4.78, 5) is 23.4. The van der Waals surface area contributed by atoms with E-state index in [0.717, 1.165) is 26.2 Å². The summed E-state index contributed by atoms with van der Waals surface area (Å²) in [5, 5.41) is 16.8. The third-order valence-corrected chi connectivity index (χ3v) is 4.19. The molecule has 3 aliphatic rings. The van der Waals surface area contributed by atoms with Crippen LogP contribution in [-0.4, -0.2) is 89.0 Å². The molecule has 0 unspecified atom stereocenters. The van der Waals surface area contributed by atoms with Gasteiger partial charge in [-0.05, 0) is 6.42 Å². The van der Waals surface area contributed by atoms with Crippen molar-refractivity contribution in [2.75, 3.05) is 32.8 Å². The number of alkyl halides is 2. The highest BCUT2D eigenvalue weighted by Crippen LogP contribution is 2.31. The van der Waals surface area contributed by atoms with Gasteiger partial charge < -0.3 is 20.7 Å². The quantitative estimate of drug-likeness (QED) is 0.643. The molecule has 0 spiro atoms. The van der Waals surface area contributed by atoms with Crippen LogP contribution >= 0.6 is 0 Å². The summed E-state index contributed by atoms with van der Waals surface area (Å²) in [6.45, 7) is 3.06. The fourth-order valence-electron chi connectivity index (χ4n) is 2.82. The molecule has 3 saturated heterocycles. The van der Waals surface area contributed by atoms with Crippen LogP contribution in [0.5, 0.6) is 0 Å². The van der Waals surface area contributed by atoms with Crippen LogP contribution in [0.3, 0.4) is 0 Å². The van der Waals surface area contributed by atoms with Gasteiger partial charge in [-0.15, -0.1) is 0 Å². The second kappa shape index (κ2) is 6.93. The molecular formula is C13H21F2N3O5. The first-order chi connectivity index (χ1) is 10.7. The van der Waals surface area contributed by atoms with Crippen molar-refractivity contribution in [2.24, 2.45) is 5.73 Å². The molecule has 4 N–H and O–H groups in total. The van der Waals surface area contributed by atoms with Gasteiger partial charge in [0.2, 0.25) is 0 Å². The number of ether oxygens (including phenoxy) is 1. The molecule has 3 aliphatic heterocycles. The van der Waals surface area contributed by atoms with E-state index in [1.165, 1.54) is 6.54 Å². The zero-order valence-electron chi connectivity index (χ0n) is 12.5. The molecule has 23 heavy (non-hydrogen) atoms. The van der Waals surface area contributed by atoms with Crippen molar-refractivity contribution in [3.63, 3.8) is 0 Å². The van der Waals surface area contributed by atoms with Crippen LogP contribution in [0.2, 0.25) is 0 Å². The normalized spacial score (nSPS) is 30.5. The van der Waals surface area contributed by atoms with Crippen LogP contribution in [0.15, 0.2) is 0 Å². The molecule has 8 nitrogen and oxygen atoms in total. The fraction of sp³-hybridized carbons (Fsp3) is 0.846. The Labute approximate surface area is 131 Å². The molecule has 0 bridgehead atoms. The van der Waals surface area contributed by atoms with Crippen molar-refractivity contribution < 1.29 is 33.3 Å². The Morgan fingerprint density at radius 2 is 1.91 bits per heavy atom. The molecule has 0 saturated carbocycles. The molecule has 2 atom stereocenters. The zero-order chi connectivity index (χ0) is 17.2. The van der Waals surface area contributed by atoms with Crippen molar-refractivity contribution in [3.05, 3.63) is 0 Å². The molecule has 3 heterocycles. The molecular weight excluding hydrogens is 316 g/mol. The van der Waals surface area contributed by atoms with Gasteiger partial charge in [-0.25, -0.2) is 18.4 Å². The second-order valence-electron chi connectivity index (χ2n) is 6.06. The van der Waals surface area contributed by atoms with E-state index in [-0.39, 0.29) is 4.90 Å². The highest BCUT2D eigenvalue weighted by atomic mass is 19.3. The summed E-state index contributed by atoms with van der Waals surface area (Å²) in [5.74, 6) is -4.78. The SMILES string of the molecule is N[C@H]1CCN(C2COC2)C1.O=C(O)[C@@H]1CC(F)(F)CN1C(=O)O. The monoisotopic (exact) mass is 337 g/mol. The maximum absolute atomic E-state index is 12.6. The topological polar surface area (TPSA) is 116 Å². The van der Waals surface area contributed by atoms with Crippen LogP contribution < -0.4 is 5.73 Å².